The van der Waals surface area contributed by atoms with Crippen LogP contribution in [0, 0.1) is 0 Å². The van der Waals surface area contributed by atoms with Crippen molar-refractivity contribution in [3.8, 4) is 0 Å². The molecule has 26 heavy (non-hydrogen) atoms. The van der Waals surface area contributed by atoms with E-state index in [9.17, 15) is 9.59 Å². The Morgan fingerprint density at radius 1 is 1.27 bits per heavy atom. The number of amides is 3. The van der Waals surface area contributed by atoms with Crippen LogP contribution in [0.3, 0.4) is 0 Å². The summed E-state index contributed by atoms with van der Waals surface area (Å²) in [6.45, 7) is 5.56. The van der Waals surface area contributed by atoms with Crippen molar-refractivity contribution in [1.82, 2.24) is 15.2 Å². The Bertz CT molecular complexity index is 750. The number of aromatic nitrogens is 1. The first kappa shape index (κ1) is 20.2. The molecule has 6 nitrogen and oxygen atoms in total. The molecule has 3 amide bonds. The van der Waals surface area contributed by atoms with Crippen LogP contribution in [0.2, 0.25) is 5.02 Å². The Balaban J connectivity index is 2.02. The molecule has 1 aromatic carbocycles. The molecule has 0 spiro atoms. The van der Waals surface area contributed by atoms with E-state index in [0.29, 0.717) is 36.0 Å². The Morgan fingerprint density at radius 3 is 2.77 bits per heavy atom. The van der Waals surface area contributed by atoms with Crippen LogP contribution >= 0.6 is 22.9 Å². The predicted molar refractivity (Wildman–Crippen MR) is 106 cm³/mol. The fourth-order valence-electron chi connectivity index (χ4n) is 2.27. The zero-order valence-corrected chi connectivity index (χ0v) is 16.5. The van der Waals surface area contributed by atoms with Crippen molar-refractivity contribution in [2.24, 2.45) is 0 Å². The lowest BCUT2D eigenvalue weighted by atomic mass is 10.3. The third-order valence-electron chi connectivity index (χ3n) is 3.50. The zero-order chi connectivity index (χ0) is 18.9. The molecule has 0 radical (unpaired) electrons. The number of hydrogen-bond donors (Lipinski definition) is 2. The van der Waals surface area contributed by atoms with Crippen LogP contribution in [-0.2, 0) is 6.54 Å². The first-order valence-electron chi connectivity index (χ1n) is 8.57. The van der Waals surface area contributed by atoms with Crippen LogP contribution in [0.1, 0.15) is 42.2 Å². The minimum atomic E-state index is -0.221. The molecule has 0 atom stereocenters. The molecule has 140 valence electrons. The number of nitrogens with one attached hydrogen (secondary N) is 2. The number of carbonyl (C=O) groups excluding carboxylic acids is 2. The second-order valence-electron chi connectivity index (χ2n) is 5.74. The van der Waals surface area contributed by atoms with Gasteiger partial charge in [0.15, 0.2) is 0 Å². The quantitative estimate of drug-likeness (QED) is 0.697. The Labute approximate surface area is 162 Å². The van der Waals surface area contributed by atoms with Crippen molar-refractivity contribution >= 4 is 40.6 Å². The molecule has 0 aliphatic carbocycles. The van der Waals surface area contributed by atoms with Crippen LogP contribution < -0.4 is 10.6 Å². The number of nitrogens with zero attached hydrogens (tertiary/aromatic N) is 2. The van der Waals surface area contributed by atoms with E-state index in [-0.39, 0.29) is 11.9 Å². The van der Waals surface area contributed by atoms with Gasteiger partial charge in [0.05, 0.1) is 6.54 Å². The molecule has 0 fully saturated rings. The molecule has 2 aromatic rings. The van der Waals surface area contributed by atoms with Gasteiger partial charge in [0, 0.05) is 29.2 Å². The average molecular weight is 395 g/mol. The van der Waals surface area contributed by atoms with E-state index >= 15 is 0 Å². The maximum absolute atomic E-state index is 12.6. The average Bonchev–Trinajstić information content (AvgIpc) is 3.08. The highest BCUT2D eigenvalue weighted by molar-refractivity contribution is 7.09. The molecule has 2 rings (SSSR count). The summed E-state index contributed by atoms with van der Waals surface area (Å²) in [5, 5.41) is 8.65. The van der Waals surface area contributed by atoms with Crippen molar-refractivity contribution in [3.63, 3.8) is 0 Å². The monoisotopic (exact) mass is 394 g/mol. The lowest BCUT2D eigenvalue weighted by Crippen LogP contribution is -2.35. The number of hydrogen-bond acceptors (Lipinski definition) is 4. The molecule has 0 aliphatic rings. The Hall–Kier alpha value is -2.12. The summed E-state index contributed by atoms with van der Waals surface area (Å²) in [7, 11) is 0. The van der Waals surface area contributed by atoms with Gasteiger partial charge in [0.1, 0.15) is 10.7 Å². The van der Waals surface area contributed by atoms with Crippen molar-refractivity contribution in [1.29, 1.82) is 0 Å². The molecule has 8 heteroatoms. The molecular weight excluding hydrogens is 372 g/mol. The van der Waals surface area contributed by atoms with E-state index in [1.54, 1.807) is 34.5 Å². The molecule has 2 N–H and O–H groups in total. The lowest BCUT2D eigenvalue weighted by Gasteiger charge is -2.21. The van der Waals surface area contributed by atoms with Gasteiger partial charge in [-0.2, -0.15) is 0 Å². The fourth-order valence-corrected chi connectivity index (χ4v) is 3.25. The van der Waals surface area contributed by atoms with Crippen LogP contribution in [-0.4, -0.2) is 34.9 Å². The van der Waals surface area contributed by atoms with Crippen molar-refractivity contribution < 1.29 is 9.59 Å². The summed E-state index contributed by atoms with van der Waals surface area (Å²) < 4.78 is 0. The van der Waals surface area contributed by atoms with Gasteiger partial charge in [0.25, 0.3) is 5.91 Å². The van der Waals surface area contributed by atoms with Crippen LogP contribution in [0.25, 0.3) is 0 Å². The molecule has 0 aliphatic heterocycles. The Morgan fingerprint density at radius 2 is 2.08 bits per heavy atom. The predicted octanol–water partition coefficient (Wildman–Crippen LogP) is 4.38. The highest BCUT2D eigenvalue weighted by Gasteiger charge is 2.17. The van der Waals surface area contributed by atoms with Gasteiger partial charge in [-0.1, -0.05) is 31.5 Å². The maximum atomic E-state index is 12.6. The van der Waals surface area contributed by atoms with Gasteiger partial charge in [-0.05, 0) is 31.0 Å². The van der Waals surface area contributed by atoms with Crippen molar-refractivity contribution in [2.75, 3.05) is 18.4 Å². The zero-order valence-electron chi connectivity index (χ0n) is 14.9. The molecule has 0 unspecified atom stereocenters. The summed E-state index contributed by atoms with van der Waals surface area (Å²) >= 11 is 7.33. The van der Waals surface area contributed by atoms with E-state index in [2.05, 4.69) is 15.6 Å². The number of benzene rings is 1. The summed E-state index contributed by atoms with van der Waals surface area (Å²) in [5.41, 5.74) is 1.03. The fraction of sp³-hybridized carbons (Fsp3) is 0.389. The van der Waals surface area contributed by atoms with E-state index in [1.165, 1.54) is 11.3 Å². The molecule has 0 saturated carbocycles. The van der Waals surface area contributed by atoms with Crippen LogP contribution in [0.4, 0.5) is 10.5 Å². The van der Waals surface area contributed by atoms with E-state index in [0.717, 1.165) is 17.8 Å². The SMILES string of the molecule is CCCNC(=O)c1csc(CN(CCC)C(=O)Nc2cccc(Cl)c2)n1. The van der Waals surface area contributed by atoms with Gasteiger partial charge >= 0.3 is 6.03 Å². The lowest BCUT2D eigenvalue weighted by molar-refractivity contribution is 0.0949. The van der Waals surface area contributed by atoms with Gasteiger partial charge < -0.3 is 15.5 Å². The Kier molecular flexibility index (Phi) is 7.87. The maximum Gasteiger partial charge on any atom is 0.322 e. The number of rotatable bonds is 8. The minimum Gasteiger partial charge on any atom is -0.351 e. The standard InChI is InChI=1S/C18H23ClN4O2S/c1-3-8-20-17(24)15-12-26-16(22-15)11-23(9-4-2)18(25)21-14-7-5-6-13(19)10-14/h5-7,10,12H,3-4,8-9,11H2,1-2H3,(H,20,24)(H,21,25). The third kappa shape index (κ3) is 6.00. The van der Waals surface area contributed by atoms with Gasteiger partial charge in [-0.3, -0.25) is 4.79 Å². The molecule has 0 saturated heterocycles. The minimum absolute atomic E-state index is 0.181. The van der Waals surface area contributed by atoms with Gasteiger partial charge in [-0.25, -0.2) is 9.78 Å². The largest absolute Gasteiger partial charge is 0.351 e. The molecule has 0 bridgehead atoms. The van der Waals surface area contributed by atoms with E-state index < -0.39 is 0 Å². The summed E-state index contributed by atoms with van der Waals surface area (Å²) in [6.07, 6.45) is 1.69. The van der Waals surface area contributed by atoms with Crippen molar-refractivity contribution in [2.45, 2.75) is 33.2 Å². The smallest absolute Gasteiger partial charge is 0.322 e. The number of urea groups is 1. The second-order valence-corrected chi connectivity index (χ2v) is 7.12. The first-order valence-corrected chi connectivity index (χ1v) is 9.83. The number of anilines is 1. The normalized spacial score (nSPS) is 10.4. The second kappa shape index (κ2) is 10.1. The van der Waals surface area contributed by atoms with E-state index in [4.69, 9.17) is 11.6 Å². The molecule has 1 heterocycles. The number of thiazole rings is 1. The molecular formula is C18H23ClN4O2S. The van der Waals surface area contributed by atoms with Crippen molar-refractivity contribution in [3.05, 3.63) is 45.4 Å². The van der Waals surface area contributed by atoms with E-state index in [1.807, 2.05) is 13.8 Å². The number of halogens is 1. The summed E-state index contributed by atoms with van der Waals surface area (Å²) in [4.78, 5) is 30.6. The third-order valence-corrected chi connectivity index (χ3v) is 4.57. The topological polar surface area (TPSA) is 74.3 Å². The van der Waals surface area contributed by atoms with Gasteiger partial charge in [-0.15, -0.1) is 11.3 Å². The number of carbonyl (C=O) groups is 2. The van der Waals surface area contributed by atoms with Crippen LogP contribution in [0.5, 0.6) is 0 Å². The first-order chi connectivity index (χ1) is 12.5. The van der Waals surface area contributed by atoms with Gasteiger partial charge in [0.2, 0.25) is 0 Å². The highest BCUT2D eigenvalue weighted by atomic mass is 35.5. The molecule has 1 aromatic heterocycles. The summed E-state index contributed by atoms with van der Waals surface area (Å²) in [5.74, 6) is -0.181. The summed E-state index contributed by atoms with van der Waals surface area (Å²) in [6, 6.07) is 6.80. The van der Waals surface area contributed by atoms with Crippen LogP contribution in [0.15, 0.2) is 29.6 Å². The highest BCUT2D eigenvalue weighted by Crippen LogP contribution is 2.17.